The highest BCUT2D eigenvalue weighted by atomic mass is 16.1. The minimum Gasteiger partial charge on any atom is -0.326 e. The maximum absolute atomic E-state index is 12.4. The standard InChI is InChI=1S/C21H28N4O/c26-20(15-17-5-7-21(8-6-17)9-11-22-12-10-21)24-18-1-3-19(4-2-18)25-14-13-23-16-25/h1-4,13-14,16-17,22H,5-12,15H2,(H,24,26). The number of nitrogens with zero attached hydrogens (tertiary/aromatic N) is 2. The normalized spacial score (nSPS) is 20.2. The topological polar surface area (TPSA) is 59.0 Å². The maximum Gasteiger partial charge on any atom is 0.224 e. The van der Waals surface area contributed by atoms with Gasteiger partial charge >= 0.3 is 0 Å². The Morgan fingerprint density at radius 2 is 1.88 bits per heavy atom. The van der Waals surface area contributed by atoms with Crippen LogP contribution in [-0.4, -0.2) is 28.5 Å². The third kappa shape index (κ3) is 3.98. The number of hydrogen-bond donors (Lipinski definition) is 2. The number of imidazole rings is 1. The molecule has 0 unspecified atom stereocenters. The van der Waals surface area contributed by atoms with E-state index in [-0.39, 0.29) is 5.91 Å². The molecule has 4 rings (SSSR count). The summed E-state index contributed by atoms with van der Waals surface area (Å²) in [7, 11) is 0. The Hall–Kier alpha value is -2.14. The Morgan fingerprint density at radius 1 is 1.15 bits per heavy atom. The van der Waals surface area contributed by atoms with Gasteiger partial charge in [0.2, 0.25) is 5.91 Å². The van der Waals surface area contributed by atoms with Gasteiger partial charge in [-0.05, 0) is 87.2 Å². The summed E-state index contributed by atoms with van der Waals surface area (Å²) in [6, 6.07) is 7.91. The number of carbonyl (C=O) groups is 1. The summed E-state index contributed by atoms with van der Waals surface area (Å²) >= 11 is 0. The lowest BCUT2D eigenvalue weighted by molar-refractivity contribution is -0.117. The predicted molar refractivity (Wildman–Crippen MR) is 103 cm³/mol. The summed E-state index contributed by atoms with van der Waals surface area (Å²) in [5.74, 6) is 0.687. The summed E-state index contributed by atoms with van der Waals surface area (Å²) in [4.78, 5) is 16.5. The lowest BCUT2D eigenvalue weighted by Gasteiger charge is -2.43. The van der Waals surface area contributed by atoms with Gasteiger partial charge in [-0.3, -0.25) is 4.79 Å². The zero-order valence-electron chi connectivity index (χ0n) is 15.3. The molecular weight excluding hydrogens is 324 g/mol. The quantitative estimate of drug-likeness (QED) is 0.881. The Balaban J connectivity index is 1.26. The molecule has 2 aromatic rings. The summed E-state index contributed by atoms with van der Waals surface area (Å²) in [6.07, 6.45) is 13.7. The Kier molecular flexibility index (Phi) is 5.07. The van der Waals surface area contributed by atoms with Crippen molar-refractivity contribution in [2.75, 3.05) is 18.4 Å². The van der Waals surface area contributed by atoms with Crippen LogP contribution in [0.25, 0.3) is 5.69 Å². The summed E-state index contributed by atoms with van der Waals surface area (Å²) in [5, 5.41) is 6.53. The van der Waals surface area contributed by atoms with Crippen molar-refractivity contribution in [2.24, 2.45) is 11.3 Å². The number of aromatic nitrogens is 2. The molecule has 0 radical (unpaired) electrons. The highest BCUT2D eigenvalue weighted by molar-refractivity contribution is 5.90. The lowest BCUT2D eigenvalue weighted by atomic mass is 9.65. The fourth-order valence-corrected chi connectivity index (χ4v) is 4.55. The molecule has 26 heavy (non-hydrogen) atoms. The van der Waals surface area contributed by atoms with Gasteiger partial charge in [0.25, 0.3) is 0 Å². The van der Waals surface area contributed by atoms with Gasteiger partial charge in [-0.15, -0.1) is 0 Å². The second-order valence-corrected chi connectivity index (χ2v) is 7.96. The fraction of sp³-hybridized carbons (Fsp3) is 0.524. The summed E-state index contributed by atoms with van der Waals surface area (Å²) in [6.45, 7) is 2.33. The molecule has 5 heteroatoms. The fourth-order valence-electron chi connectivity index (χ4n) is 4.55. The van der Waals surface area contributed by atoms with Gasteiger partial charge < -0.3 is 15.2 Å². The van der Waals surface area contributed by atoms with Crippen molar-refractivity contribution in [1.82, 2.24) is 14.9 Å². The first kappa shape index (κ1) is 17.3. The van der Waals surface area contributed by atoms with Crippen molar-refractivity contribution in [3.8, 4) is 5.69 Å². The number of hydrogen-bond acceptors (Lipinski definition) is 3. The number of carbonyl (C=O) groups excluding carboxylic acids is 1. The molecule has 1 spiro atoms. The van der Waals surface area contributed by atoms with E-state index in [4.69, 9.17) is 0 Å². The third-order valence-electron chi connectivity index (χ3n) is 6.26. The van der Waals surface area contributed by atoms with E-state index in [0.29, 0.717) is 17.8 Å². The second kappa shape index (κ2) is 7.62. The monoisotopic (exact) mass is 352 g/mol. The van der Waals surface area contributed by atoms with Gasteiger partial charge in [-0.2, -0.15) is 0 Å². The van der Waals surface area contributed by atoms with Crippen LogP contribution >= 0.6 is 0 Å². The number of anilines is 1. The smallest absolute Gasteiger partial charge is 0.224 e. The number of benzene rings is 1. The number of nitrogens with one attached hydrogen (secondary N) is 2. The molecule has 2 N–H and O–H groups in total. The van der Waals surface area contributed by atoms with Crippen molar-refractivity contribution >= 4 is 11.6 Å². The van der Waals surface area contributed by atoms with E-state index in [2.05, 4.69) is 15.6 Å². The first-order valence-corrected chi connectivity index (χ1v) is 9.81. The van der Waals surface area contributed by atoms with Gasteiger partial charge in [0.1, 0.15) is 0 Å². The van der Waals surface area contributed by atoms with Crippen LogP contribution in [0.5, 0.6) is 0 Å². The number of piperidine rings is 1. The number of rotatable bonds is 4. The molecule has 1 saturated carbocycles. The van der Waals surface area contributed by atoms with E-state index >= 15 is 0 Å². The lowest BCUT2D eigenvalue weighted by Crippen LogP contribution is -2.39. The summed E-state index contributed by atoms with van der Waals surface area (Å²) < 4.78 is 1.95. The zero-order valence-corrected chi connectivity index (χ0v) is 15.3. The van der Waals surface area contributed by atoms with E-state index in [1.54, 1.807) is 12.5 Å². The highest BCUT2D eigenvalue weighted by Crippen LogP contribution is 2.45. The highest BCUT2D eigenvalue weighted by Gasteiger charge is 2.36. The van der Waals surface area contributed by atoms with E-state index in [1.807, 2.05) is 35.0 Å². The van der Waals surface area contributed by atoms with Crippen LogP contribution in [0.4, 0.5) is 5.69 Å². The van der Waals surface area contributed by atoms with Crippen LogP contribution in [0, 0.1) is 11.3 Å². The van der Waals surface area contributed by atoms with Crippen molar-refractivity contribution in [1.29, 1.82) is 0 Å². The molecule has 1 saturated heterocycles. The predicted octanol–water partition coefficient (Wildman–Crippen LogP) is 3.76. The first-order chi connectivity index (χ1) is 12.7. The van der Waals surface area contributed by atoms with Crippen LogP contribution in [0.2, 0.25) is 0 Å². The van der Waals surface area contributed by atoms with Crippen LogP contribution in [0.15, 0.2) is 43.0 Å². The number of amides is 1. The van der Waals surface area contributed by atoms with Crippen LogP contribution in [-0.2, 0) is 4.79 Å². The van der Waals surface area contributed by atoms with Gasteiger partial charge in [0.05, 0.1) is 6.33 Å². The maximum atomic E-state index is 12.4. The van der Waals surface area contributed by atoms with E-state index in [0.717, 1.165) is 11.4 Å². The second-order valence-electron chi connectivity index (χ2n) is 7.96. The van der Waals surface area contributed by atoms with Gasteiger partial charge in [0.15, 0.2) is 0 Å². The van der Waals surface area contributed by atoms with Gasteiger partial charge in [-0.1, -0.05) is 0 Å². The van der Waals surface area contributed by atoms with E-state index < -0.39 is 0 Å². The molecule has 1 amide bonds. The van der Waals surface area contributed by atoms with Crippen LogP contribution < -0.4 is 10.6 Å². The molecule has 1 aromatic heterocycles. The molecule has 1 aliphatic heterocycles. The molecule has 1 aliphatic carbocycles. The largest absolute Gasteiger partial charge is 0.326 e. The van der Waals surface area contributed by atoms with E-state index in [9.17, 15) is 4.79 Å². The molecule has 2 fully saturated rings. The van der Waals surface area contributed by atoms with Crippen molar-refractivity contribution in [3.05, 3.63) is 43.0 Å². The Morgan fingerprint density at radius 3 is 2.54 bits per heavy atom. The van der Waals surface area contributed by atoms with Crippen LogP contribution in [0.3, 0.4) is 0 Å². The average Bonchev–Trinajstić information content (AvgIpc) is 3.20. The molecule has 0 bridgehead atoms. The minimum absolute atomic E-state index is 0.145. The van der Waals surface area contributed by atoms with Crippen LogP contribution in [0.1, 0.15) is 44.9 Å². The van der Waals surface area contributed by atoms with E-state index in [1.165, 1.54) is 51.6 Å². The first-order valence-electron chi connectivity index (χ1n) is 9.81. The van der Waals surface area contributed by atoms with Crippen molar-refractivity contribution < 1.29 is 4.79 Å². The molecule has 1 aromatic carbocycles. The zero-order chi connectivity index (χ0) is 17.8. The minimum atomic E-state index is 0.145. The SMILES string of the molecule is O=C(CC1CCC2(CCNCC2)CC1)Nc1ccc(-n2ccnc2)cc1. The van der Waals surface area contributed by atoms with Crippen molar-refractivity contribution in [3.63, 3.8) is 0 Å². The average molecular weight is 352 g/mol. The molecular formula is C21H28N4O. The molecule has 2 heterocycles. The summed E-state index contributed by atoms with van der Waals surface area (Å²) in [5.41, 5.74) is 2.48. The Labute approximate surface area is 155 Å². The molecule has 0 atom stereocenters. The van der Waals surface area contributed by atoms with Gasteiger partial charge in [0, 0.05) is 30.2 Å². The molecule has 2 aliphatic rings. The van der Waals surface area contributed by atoms with Gasteiger partial charge in [-0.25, -0.2) is 4.98 Å². The molecule has 138 valence electrons. The van der Waals surface area contributed by atoms with Crippen molar-refractivity contribution in [2.45, 2.75) is 44.9 Å². The Bertz CT molecular complexity index is 707. The third-order valence-corrected chi connectivity index (χ3v) is 6.26. The molecule has 5 nitrogen and oxygen atoms in total.